The van der Waals surface area contributed by atoms with Gasteiger partial charge in [0.25, 0.3) is 0 Å². The van der Waals surface area contributed by atoms with Crippen LogP contribution in [0, 0.1) is 0 Å². The Bertz CT molecular complexity index is 980. The van der Waals surface area contributed by atoms with Crippen molar-refractivity contribution in [3.8, 4) is 11.5 Å². The number of aromatic hydroxyl groups is 1. The molecule has 0 spiro atoms. The molecule has 0 amide bonds. The zero-order valence-electron chi connectivity index (χ0n) is 19.3. The Labute approximate surface area is 204 Å². The quantitative estimate of drug-likeness (QED) is 0.0940. The Morgan fingerprint density at radius 1 is 1.21 bits per heavy atom. The van der Waals surface area contributed by atoms with Gasteiger partial charge in [0, 0.05) is 21.8 Å². The van der Waals surface area contributed by atoms with Crippen molar-refractivity contribution in [2.24, 2.45) is 5.16 Å². The number of phenolic OH excluding ortho intramolecular Hbond substituents is 1. The summed E-state index contributed by atoms with van der Waals surface area (Å²) in [5, 5.41) is 33.1. The van der Waals surface area contributed by atoms with Gasteiger partial charge in [-0.3, -0.25) is 4.79 Å². The predicted molar refractivity (Wildman–Crippen MR) is 134 cm³/mol. The van der Waals surface area contributed by atoms with Crippen LogP contribution in [-0.2, 0) is 11.2 Å². The van der Waals surface area contributed by atoms with Crippen LogP contribution in [0.3, 0.4) is 0 Å². The van der Waals surface area contributed by atoms with Crippen LogP contribution in [0.4, 0.5) is 0 Å². The average Bonchev–Trinajstić information content (AvgIpc) is 2.80. The van der Waals surface area contributed by atoms with Gasteiger partial charge in [-0.05, 0) is 56.0 Å². The maximum Gasteiger partial charge on any atom is 0.310 e. The molecule has 0 bridgehead atoms. The summed E-state index contributed by atoms with van der Waals surface area (Å²) < 4.78 is 5.97. The Morgan fingerprint density at radius 3 is 2.58 bits per heavy atom. The minimum atomic E-state index is -0.879. The lowest BCUT2D eigenvalue weighted by Crippen LogP contribution is -2.07. The highest BCUT2D eigenvalue weighted by Crippen LogP contribution is 2.34. The number of ether oxygens (including phenoxy) is 1. The van der Waals surface area contributed by atoms with Gasteiger partial charge in [0.1, 0.15) is 11.5 Å². The maximum absolute atomic E-state index is 11.1. The molecule has 1 unspecified atom stereocenters. The topological polar surface area (TPSA) is 99.4 Å². The summed E-state index contributed by atoms with van der Waals surface area (Å²) in [6, 6.07) is 8.93. The number of hydrogen-bond acceptors (Lipinski definition) is 6. The number of rotatable bonds is 13. The number of benzene rings is 2. The SMILES string of the molecule is CCCC(=NO)c1ccc(OCCCSc2ccc(C(C)C(=O)O)cc2Cl)c(CCC)c1O. The van der Waals surface area contributed by atoms with Gasteiger partial charge in [-0.25, -0.2) is 0 Å². The molecule has 1 atom stereocenters. The molecule has 0 aromatic heterocycles. The van der Waals surface area contributed by atoms with E-state index in [1.54, 1.807) is 36.9 Å². The first-order chi connectivity index (χ1) is 15.8. The van der Waals surface area contributed by atoms with E-state index in [0.29, 0.717) is 47.1 Å². The van der Waals surface area contributed by atoms with Crippen LogP contribution in [-0.4, -0.2) is 39.5 Å². The molecule has 0 aliphatic carbocycles. The van der Waals surface area contributed by atoms with Gasteiger partial charge in [-0.1, -0.05) is 49.5 Å². The molecule has 33 heavy (non-hydrogen) atoms. The van der Waals surface area contributed by atoms with E-state index in [0.717, 1.165) is 35.5 Å². The number of carboxylic acids is 1. The first kappa shape index (κ1) is 26.9. The zero-order chi connectivity index (χ0) is 24.4. The molecule has 0 saturated heterocycles. The largest absolute Gasteiger partial charge is 0.507 e. The highest BCUT2D eigenvalue weighted by atomic mass is 35.5. The minimum Gasteiger partial charge on any atom is -0.507 e. The van der Waals surface area contributed by atoms with Crippen molar-refractivity contribution in [2.45, 2.75) is 63.7 Å². The van der Waals surface area contributed by atoms with E-state index in [1.165, 1.54) is 0 Å². The van der Waals surface area contributed by atoms with Gasteiger partial charge in [-0.2, -0.15) is 0 Å². The number of phenols is 1. The number of hydrogen-bond donors (Lipinski definition) is 3. The van der Waals surface area contributed by atoms with E-state index in [1.807, 2.05) is 26.0 Å². The van der Waals surface area contributed by atoms with Gasteiger partial charge in [0.15, 0.2) is 0 Å². The number of halogens is 1. The Hall–Kier alpha value is -2.38. The summed E-state index contributed by atoms with van der Waals surface area (Å²) in [6.45, 7) is 6.13. The second-order valence-electron chi connectivity index (χ2n) is 7.79. The van der Waals surface area contributed by atoms with Gasteiger partial charge in [-0.15, -0.1) is 11.8 Å². The molecular formula is C25H32ClNO5S. The van der Waals surface area contributed by atoms with Gasteiger partial charge < -0.3 is 20.2 Å². The first-order valence-electron chi connectivity index (χ1n) is 11.2. The Kier molecular flexibility index (Phi) is 10.9. The van der Waals surface area contributed by atoms with Crippen molar-refractivity contribution in [1.29, 1.82) is 0 Å². The summed E-state index contributed by atoms with van der Waals surface area (Å²) in [5.41, 5.74) is 2.42. The van der Waals surface area contributed by atoms with Crippen molar-refractivity contribution in [3.05, 3.63) is 52.0 Å². The minimum absolute atomic E-state index is 0.118. The summed E-state index contributed by atoms with van der Waals surface area (Å²) in [7, 11) is 0. The number of oxime groups is 1. The smallest absolute Gasteiger partial charge is 0.310 e. The lowest BCUT2D eigenvalue weighted by molar-refractivity contribution is -0.138. The zero-order valence-corrected chi connectivity index (χ0v) is 20.9. The highest BCUT2D eigenvalue weighted by molar-refractivity contribution is 7.99. The van der Waals surface area contributed by atoms with Crippen molar-refractivity contribution in [1.82, 2.24) is 0 Å². The number of carbonyl (C=O) groups is 1. The second-order valence-corrected chi connectivity index (χ2v) is 9.33. The molecule has 0 aliphatic rings. The molecule has 0 saturated carbocycles. The Balaban J connectivity index is 1.97. The molecule has 2 aromatic rings. The van der Waals surface area contributed by atoms with Gasteiger partial charge in [0.05, 0.1) is 23.3 Å². The number of thioether (sulfide) groups is 1. The maximum atomic E-state index is 11.1. The van der Waals surface area contributed by atoms with Gasteiger partial charge in [0.2, 0.25) is 0 Å². The van der Waals surface area contributed by atoms with Crippen molar-refractivity contribution >= 4 is 35.0 Å². The fourth-order valence-corrected chi connectivity index (χ4v) is 4.62. The van der Waals surface area contributed by atoms with E-state index in [9.17, 15) is 15.1 Å². The molecular weight excluding hydrogens is 462 g/mol. The fourth-order valence-electron chi connectivity index (χ4n) is 3.42. The Morgan fingerprint density at radius 2 is 1.97 bits per heavy atom. The van der Waals surface area contributed by atoms with Crippen molar-refractivity contribution < 1.29 is 25.0 Å². The fraction of sp³-hybridized carbons (Fsp3) is 0.440. The van der Waals surface area contributed by atoms with Gasteiger partial charge >= 0.3 is 5.97 Å². The van der Waals surface area contributed by atoms with E-state index in [-0.39, 0.29) is 5.75 Å². The lowest BCUT2D eigenvalue weighted by atomic mass is 9.98. The predicted octanol–water partition coefficient (Wildman–Crippen LogP) is 6.73. The molecule has 0 fully saturated rings. The normalized spacial score (nSPS) is 12.5. The van der Waals surface area contributed by atoms with Crippen LogP contribution in [0.1, 0.15) is 69.1 Å². The van der Waals surface area contributed by atoms with Crippen LogP contribution < -0.4 is 4.74 Å². The molecule has 0 radical (unpaired) electrons. The van der Waals surface area contributed by atoms with Crippen molar-refractivity contribution in [2.75, 3.05) is 12.4 Å². The van der Waals surface area contributed by atoms with Crippen LogP contribution in [0.2, 0.25) is 5.02 Å². The molecule has 2 aromatic carbocycles. The highest BCUT2D eigenvalue weighted by Gasteiger charge is 2.18. The summed E-state index contributed by atoms with van der Waals surface area (Å²) >= 11 is 7.93. The third kappa shape index (κ3) is 7.30. The molecule has 2 rings (SSSR count). The van der Waals surface area contributed by atoms with E-state index < -0.39 is 11.9 Å². The average molecular weight is 494 g/mol. The number of nitrogens with zero attached hydrogens (tertiary/aromatic N) is 1. The molecule has 0 heterocycles. The summed E-state index contributed by atoms with van der Waals surface area (Å²) in [5.74, 6) is 0.0555. The molecule has 6 nitrogen and oxygen atoms in total. The molecule has 180 valence electrons. The summed E-state index contributed by atoms with van der Waals surface area (Å²) in [4.78, 5) is 12.0. The van der Waals surface area contributed by atoms with Crippen LogP contribution >= 0.6 is 23.4 Å². The molecule has 0 aliphatic heterocycles. The van der Waals surface area contributed by atoms with Crippen molar-refractivity contribution in [3.63, 3.8) is 0 Å². The standard InChI is InChI=1S/C25H32ClNO5S/c1-4-7-19-22(11-10-18(24(19)28)21(27-31)8-5-2)32-13-6-14-33-23-12-9-17(15-20(23)26)16(3)25(29)30/h9-12,15-16,28,31H,4-8,13-14H2,1-3H3,(H,29,30). The molecule has 3 N–H and O–H groups in total. The van der Waals surface area contributed by atoms with E-state index in [2.05, 4.69) is 5.16 Å². The van der Waals surface area contributed by atoms with Crippen LogP contribution in [0.15, 0.2) is 40.4 Å². The summed E-state index contributed by atoms with van der Waals surface area (Å²) in [6.07, 6.45) is 3.65. The van der Waals surface area contributed by atoms with E-state index >= 15 is 0 Å². The third-order valence-corrected chi connectivity index (χ3v) is 6.87. The second kappa shape index (κ2) is 13.4. The van der Waals surface area contributed by atoms with Crippen LogP contribution in [0.5, 0.6) is 11.5 Å². The van der Waals surface area contributed by atoms with E-state index in [4.69, 9.17) is 21.4 Å². The first-order valence-corrected chi connectivity index (χ1v) is 12.5. The number of aliphatic carboxylic acids is 1. The third-order valence-electron chi connectivity index (χ3n) is 5.29. The molecule has 8 heteroatoms. The monoisotopic (exact) mass is 493 g/mol. The number of carboxylic acid groups (broad SMARTS) is 1. The lowest BCUT2D eigenvalue weighted by Gasteiger charge is -2.16. The van der Waals surface area contributed by atoms with Crippen LogP contribution in [0.25, 0.3) is 0 Å².